The first-order valence-electron chi connectivity index (χ1n) is 6.63. The largest absolute Gasteiger partial charge is 0.741 e. The highest BCUT2D eigenvalue weighted by atomic mass is 32.2. The summed E-state index contributed by atoms with van der Waals surface area (Å²) < 4.78 is 61.3. The van der Waals surface area contributed by atoms with Crippen LogP contribution in [0.4, 0.5) is 13.2 Å². The molecule has 0 aliphatic heterocycles. The Kier molecular flexibility index (Phi) is 8.50. The minimum Gasteiger partial charge on any atom is -0.741 e. The zero-order valence-corrected chi connectivity index (χ0v) is 12.9. The van der Waals surface area contributed by atoms with Crippen LogP contribution in [0.25, 0.3) is 0 Å². The molecule has 0 unspecified atom stereocenters. The molecule has 0 radical (unpaired) electrons. The van der Waals surface area contributed by atoms with Gasteiger partial charge in [-0.25, -0.2) is 13.0 Å². The summed E-state index contributed by atoms with van der Waals surface area (Å²) in [6.07, 6.45) is 7.20. The number of halogens is 3. The maximum absolute atomic E-state index is 10.7. The highest BCUT2D eigenvalue weighted by Crippen LogP contribution is 2.20. The molecule has 21 heavy (non-hydrogen) atoms. The van der Waals surface area contributed by atoms with E-state index in [1.54, 1.807) is 0 Å². The third-order valence-electron chi connectivity index (χ3n) is 2.57. The molecule has 1 aromatic heterocycles. The van der Waals surface area contributed by atoms with Crippen molar-refractivity contribution in [2.24, 2.45) is 0 Å². The second-order valence-corrected chi connectivity index (χ2v) is 5.76. The van der Waals surface area contributed by atoms with E-state index in [9.17, 15) is 13.2 Å². The van der Waals surface area contributed by atoms with Crippen molar-refractivity contribution in [1.29, 1.82) is 0 Å². The van der Waals surface area contributed by atoms with Gasteiger partial charge in [0.1, 0.15) is 6.54 Å². The van der Waals surface area contributed by atoms with Gasteiger partial charge in [-0.1, -0.05) is 26.3 Å². The summed E-state index contributed by atoms with van der Waals surface area (Å²) >= 11 is 0. The van der Waals surface area contributed by atoms with Gasteiger partial charge in [-0.3, -0.25) is 0 Å². The van der Waals surface area contributed by atoms with Gasteiger partial charge in [0.15, 0.2) is 22.0 Å². The molecule has 0 aliphatic rings. The van der Waals surface area contributed by atoms with Crippen molar-refractivity contribution in [2.75, 3.05) is 0 Å². The van der Waals surface area contributed by atoms with Crippen LogP contribution in [0.3, 0.4) is 0 Å². The third kappa shape index (κ3) is 8.01. The van der Waals surface area contributed by atoms with E-state index in [-0.39, 0.29) is 0 Å². The monoisotopic (exact) mass is 327 g/mol. The molecule has 0 aromatic carbocycles. The molecule has 8 heteroatoms. The maximum Gasteiger partial charge on any atom is 0.485 e. The van der Waals surface area contributed by atoms with Crippen LogP contribution >= 0.6 is 0 Å². The first-order chi connectivity index (χ1) is 9.63. The van der Waals surface area contributed by atoms with Gasteiger partial charge in [0.25, 0.3) is 0 Å². The fraction of sp³-hybridized carbons (Fsp3) is 0.615. The lowest BCUT2D eigenvalue weighted by molar-refractivity contribution is -0.704. The second kappa shape index (κ2) is 8.99. The SMILES string of the molecule is CCCCc1cccc[n+]1CCC.O=S(=O)([O-])C(F)(F)F. The number of rotatable bonds is 5. The molecule has 1 aromatic rings. The molecule has 0 saturated heterocycles. The van der Waals surface area contributed by atoms with E-state index < -0.39 is 15.6 Å². The Morgan fingerprint density at radius 1 is 1.19 bits per heavy atom. The van der Waals surface area contributed by atoms with Crippen LogP contribution in [0.15, 0.2) is 24.4 Å². The minimum absolute atomic E-state index is 1.15. The van der Waals surface area contributed by atoms with Crippen LogP contribution in [0, 0.1) is 0 Å². The summed E-state index contributed by atoms with van der Waals surface area (Å²) in [6, 6.07) is 6.49. The molecule has 1 heterocycles. The van der Waals surface area contributed by atoms with Crippen molar-refractivity contribution in [3.8, 4) is 0 Å². The molecular formula is C13H20F3NO3S. The number of nitrogens with zero attached hydrogens (tertiary/aromatic N) is 1. The first kappa shape index (κ1) is 19.9. The second-order valence-electron chi connectivity index (χ2n) is 4.39. The van der Waals surface area contributed by atoms with Gasteiger partial charge in [-0.2, -0.15) is 13.2 Å². The summed E-state index contributed by atoms with van der Waals surface area (Å²) in [5.41, 5.74) is -4.17. The lowest BCUT2D eigenvalue weighted by atomic mass is 10.2. The van der Waals surface area contributed by atoms with Crippen LogP contribution < -0.4 is 4.57 Å². The number of unbranched alkanes of at least 4 members (excludes halogenated alkanes) is 1. The van der Waals surface area contributed by atoms with E-state index in [1.807, 2.05) is 0 Å². The average Bonchev–Trinajstić information content (AvgIpc) is 2.36. The van der Waals surface area contributed by atoms with Crippen molar-refractivity contribution in [1.82, 2.24) is 0 Å². The summed E-state index contributed by atoms with van der Waals surface area (Å²) in [5.74, 6) is 0. The lowest BCUT2D eigenvalue weighted by Gasteiger charge is -2.08. The van der Waals surface area contributed by atoms with Crippen molar-refractivity contribution >= 4 is 10.1 Å². The topological polar surface area (TPSA) is 61.1 Å². The van der Waals surface area contributed by atoms with Gasteiger partial charge >= 0.3 is 5.51 Å². The van der Waals surface area contributed by atoms with E-state index in [1.165, 1.54) is 31.4 Å². The van der Waals surface area contributed by atoms with E-state index in [2.05, 4.69) is 42.8 Å². The number of aryl methyl sites for hydroxylation is 2. The number of pyridine rings is 1. The summed E-state index contributed by atoms with van der Waals surface area (Å²) in [7, 11) is -6.09. The molecule has 4 nitrogen and oxygen atoms in total. The van der Waals surface area contributed by atoms with Crippen LogP contribution in [-0.4, -0.2) is 18.5 Å². The Morgan fingerprint density at radius 3 is 2.19 bits per heavy atom. The highest BCUT2D eigenvalue weighted by Gasteiger charge is 2.36. The lowest BCUT2D eigenvalue weighted by Crippen LogP contribution is -2.37. The predicted octanol–water partition coefficient (Wildman–Crippen LogP) is 2.78. The summed E-state index contributed by atoms with van der Waals surface area (Å²) in [4.78, 5) is 0. The Bertz CT molecular complexity index is 516. The van der Waals surface area contributed by atoms with Gasteiger partial charge in [0, 0.05) is 25.0 Å². The normalized spacial score (nSPS) is 11.7. The fourth-order valence-electron chi connectivity index (χ4n) is 1.56. The Morgan fingerprint density at radius 2 is 1.76 bits per heavy atom. The van der Waals surface area contributed by atoms with Gasteiger partial charge in [-0.15, -0.1) is 0 Å². The summed E-state index contributed by atoms with van der Waals surface area (Å²) in [6.45, 7) is 5.62. The van der Waals surface area contributed by atoms with Crippen molar-refractivity contribution in [2.45, 2.75) is 51.6 Å². The Labute approximate surface area is 123 Å². The molecule has 122 valence electrons. The predicted molar refractivity (Wildman–Crippen MR) is 71.3 cm³/mol. The van der Waals surface area contributed by atoms with Gasteiger partial charge in [0.05, 0.1) is 0 Å². The first-order valence-corrected chi connectivity index (χ1v) is 8.03. The van der Waals surface area contributed by atoms with E-state index >= 15 is 0 Å². The van der Waals surface area contributed by atoms with Gasteiger partial charge in [0.2, 0.25) is 0 Å². The Hall–Kier alpha value is -1.15. The van der Waals surface area contributed by atoms with Crippen LogP contribution in [-0.2, 0) is 23.1 Å². The quantitative estimate of drug-likeness (QED) is 0.475. The van der Waals surface area contributed by atoms with Crippen molar-refractivity contribution in [3.63, 3.8) is 0 Å². The third-order valence-corrected chi connectivity index (χ3v) is 3.14. The number of alkyl halides is 3. The molecule has 0 fully saturated rings. The van der Waals surface area contributed by atoms with Crippen LogP contribution in [0.2, 0.25) is 0 Å². The zero-order chi connectivity index (χ0) is 16.5. The summed E-state index contributed by atoms with van der Waals surface area (Å²) in [5, 5.41) is 0. The fourth-order valence-corrected chi connectivity index (χ4v) is 1.56. The minimum atomic E-state index is -6.09. The number of aromatic nitrogens is 1. The van der Waals surface area contributed by atoms with Crippen molar-refractivity contribution < 1.29 is 30.7 Å². The molecule has 0 aliphatic carbocycles. The molecule has 1 rings (SSSR count). The standard InChI is InChI=1S/C12H20N.CHF3O3S/c1-3-5-8-12-9-6-7-11-13(12)10-4-2;2-1(3,4)8(5,6)7/h6-7,9,11H,3-5,8,10H2,1-2H3;(H,5,6,7)/q+1;/p-1. The average molecular weight is 327 g/mol. The number of hydrogen-bond donors (Lipinski definition) is 0. The highest BCUT2D eigenvalue weighted by molar-refractivity contribution is 7.86. The molecule has 0 bridgehead atoms. The van der Waals surface area contributed by atoms with E-state index in [4.69, 9.17) is 13.0 Å². The van der Waals surface area contributed by atoms with Crippen molar-refractivity contribution in [3.05, 3.63) is 30.1 Å². The van der Waals surface area contributed by atoms with Crippen LogP contribution in [0.5, 0.6) is 0 Å². The van der Waals surface area contributed by atoms with E-state index in [0.717, 1.165) is 6.54 Å². The molecule has 0 amide bonds. The maximum atomic E-state index is 10.7. The zero-order valence-electron chi connectivity index (χ0n) is 12.1. The molecule has 0 atom stereocenters. The molecule has 0 saturated carbocycles. The Balaban J connectivity index is 0.000000433. The molecule has 0 N–H and O–H groups in total. The molecular weight excluding hydrogens is 307 g/mol. The van der Waals surface area contributed by atoms with Crippen LogP contribution in [0.1, 0.15) is 38.8 Å². The molecule has 0 spiro atoms. The van der Waals surface area contributed by atoms with Gasteiger partial charge in [-0.05, 0) is 6.42 Å². The van der Waals surface area contributed by atoms with E-state index in [0.29, 0.717) is 0 Å². The van der Waals surface area contributed by atoms with Gasteiger partial charge < -0.3 is 4.55 Å². The smallest absolute Gasteiger partial charge is 0.485 e. The number of hydrogen-bond acceptors (Lipinski definition) is 3.